The Balaban J connectivity index is 2.35. The molecule has 0 N–H and O–H groups in total. The molecule has 0 bridgehead atoms. The van der Waals surface area contributed by atoms with Crippen LogP contribution >= 0.6 is 0 Å². The summed E-state index contributed by atoms with van der Waals surface area (Å²) < 4.78 is 23.5. The molecule has 3 aromatic rings. The number of benzene rings is 2. The van der Waals surface area contributed by atoms with Crippen molar-refractivity contribution in [2.45, 2.75) is 0 Å². The predicted octanol–water partition coefficient (Wildman–Crippen LogP) is 0.133. The van der Waals surface area contributed by atoms with Crippen LogP contribution in [0, 0.1) is 0 Å². The fraction of sp³-hybridized carbons (Fsp3) is 0. The van der Waals surface area contributed by atoms with Crippen LogP contribution in [0.4, 0.5) is 0 Å². The van der Waals surface area contributed by atoms with Crippen molar-refractivity contribution in [2.75, 3.05) is 0 Å². The van der Waals surface area contributed by atoms with E-state index in [0.29, 0.717) is 0 Å². The van der Waals surface area contributed by atoms with E-state index in [4.69, 9.17) is 0 Å². The van der Waals surface area contributed by atoms with Crippen LogP contribution in [0.3, 0.4) is 0 Å². The van der Waals surface area contributed by atoms with Gasteiger partial charge in [0, 0.05) is 0 Å². The second-order valence-corrected chi connectivity index (χ2v) is 6.69. The first-order valence-corrected chi connectivity index (χ1v) is 8.59. The first-order valence-electron chi connectivity index (χ1n) is 5.18. The van der Waals surface area contributed by atoms with Crippen molar-refractivity contribution in [1.82, 2.24) is 9.97 Å². The van der Waals surface area contributed by atoms with E-state index in [0.717, 1.165) is 30.8 Å². The van der Waals surface area contributed by atoms with Crippen LogP contribution in [0.15, 0.2) is 36.4 Å². The molecule has 0 radical (unpaired) electrons. The van der Waals surface area contributed by atoms with Gasteiger partial charge < -0.3 is 0 Å². The molecular formula is C12H6As2N2O2. The quantitative estimate of drug-likeness (QED) is 0.482. The molecule has 0 aliphatic rings. The Morgan fingerprint density at radius 1 is 0.667 bits per heavy atom. The number of aromatic nitrogens is 2. The summed E-state index contributed by atoms with van der Waals surface area (Å²) >= 11 is -2.07. The van der Waals surface area contributed by atoms with Gasteiger partial charge in [0.15, 0.2) is 0 Å². The van der Waals surface area contributed by atoms with Crippen molar-refractivity contribution >= 4 is 62.2 Å². The van der Waals surface area contributed by atoms with Gasteiger partial charge in [0.25, 0.3) is 0 Å². The molecule has 0 aliphatic heterocycles. The maximum atomic E-state index is 10.9. The van der Waals surface area contributed by atoms with E-state index < -0.39 is 31.4 Å². The molecule has 0 unspecified atom stereocenters. The zero-order valence-corrected chi connectivity index (χ0v) is 12.8. The molecule has 4 nitrogen and oxygen atoms in total. The molecule has 1 aromatic heterocycles. The van der Waals surface area contributed by atoms with E-state index in [1.807, 2.05) is 24.3 Å². The van der Waals surface area contributed by atoms with Crippen LogP contribution in [0.1, 0.15) is 0 Å². The molecule has 0 fully saturated rings. The zero-order chi connectivity index (χ0) is 12.5. The maximum absolute atomic E-state index is 10.9. The van der Waals surface area contributed by atoms with Gasteiger partial charge in [-0.25, -0.2) is 0 Å². The Morgan fingerprint density at radius 3 is 1.50 bits per heavy atom. The van der Waals surface area contributed by atoms with Crippen LogP contribution in [0.2, 0.25) is 0 Å². The third kappa shape index (κ3) is 2.07. The van der Waals surface area contributed by atoms with Crippen LogP contribution in [-0.2, 0) is 7.48 Å². The Bertz CT molecular complexity index is 722. The zero-order valence-electron chi connectivity index (χ0n) is 9.07. The van der Waals surface area contributed by atoms with Gasteiger partial charge in [0.2, 0.25) is 0 Å². The fourth-order valence-electron chi connectivity index (χ4n) is 1.76. The van der Waals surface area contributed by atoms with Gasteiger partial charge in [-0.15, -0.1) is 0 Å². The topological polar surface area (TPSA) is 59.9 Å². The van der Waals surface area contributed by atoms with Crippen LogP contribution in [0.5, 0.6) is 0 Å². The summed E-state index contributed by atoms with van der Waals surface area (Å²) in [6.07, 6.45) is 0. The number of fused-ring (bicyclic) bond motifs is 2. The fourth-order valence-corrected chi connectivity index (χ4v) is 3.07. The van der Waals surface area contributed by atoms with Crippen molar-refractivity contribution in [3.63, 3.8) is 0 Å². The normalized spacial score (nSPS) is 11.6. The third-order valence-corrected chi connectivity index (χ3v) is 4.66. The molecule has 0 amide bonds. The first kappa shape index (κ1) is 11.8. The average Bonchev–Trinajstić information content (AvgIpc) is 2.43. The number of rotatable bonds is 2. The van der Waals surface area contributed by atoms with Gasteiger partial charge in [-0.1, -0.05) is 0 Å². The average molecular weight is 360 g/mol. The predicted molar refractivity (Wildman–Crippen MR) is 69.2 cm³/mol. The van der Waals surface area contributed by atoms with Gasteiger partial charge in [0.1, 0.15) is 0 Å². The van der Waals surface area contributed by atoms with E-state index in [2.05, 4.69) is 9.97 Å². The standard InChI is InChI=1S/C12H6As2N2O2/c17-13-7-1-3-9-11(5-7)16-10-4-2-8(14-18)6-12(10)15-9/h1-6H. The number of nitrogens with zero attached hydrogens (tertiary/aromatic N) is 2. The molecule has 3 rings (SSSR count). The molecule has 18 heavy (non-hydrogen) atoms. The van der Waals surface area contributed by atoms with Crippen molar-refractivity contribution < 1.29 is 7.48 Å². The van der Waals surface area contributed by atoms with Crippen molar-refractivity contribution in [3.8, 4) is 0 Å². The Labute approximate surface area is 116 Å². The van der Waals surface area contributed by atoms with Gasteiger partial charge in [0.05, 0.1) is 0 Å². The van der Waals surface area contributed by atoms with Gasteiger partial charge in [-0.3, -0.25) is 0 Å². The minimum atomic E-state index is -1.04. The minimum absolute atomic E-state index is 0.745. The molecule has 0 saturated carbocycles. The molecule has 0 atom stereocenters. The second kappa shape index (κ2) is 4.79. The number of hydrogen-bond acceptors (Lipinski definition) is 4. The number of hydrogen-bond donors (Lipinski definition) is 0. The van der Waals surface area contributed by atoms with E-state index in [1.54, 1.807) is 12.1 Å². The molecule has 0 aliphatic carbocycles. The van der Waals surface area contributed by atoms with Gasteiger partial charge in [-0.05, 0) is 0 Å². The Kier molecular flexibility index (Phi) is 3.15. The SMILES string of the molecule is O=[As]c1ccc2nc3cc([As]=O)ccc3nc2c1. The molecular weight excluding hydrogens is 354 g/mol. The monoisotopic (exact) mass is 360 g/mol. The summed E-state index contributed by atoms with van der Waals surface area (Å²) in [6, 6.07) is 10.9. The van der Waals surface area contributed by atoms with E-state index in [-0.39, 0.29) is 0 Å². The van der Waals surface area contributed by atoms with Gasteiger partial charge in [-0.2, -0.15) is 0 Å². The van der Waals surface area contributed by atoms with E-state index in [1.165, 1.54) is 0 Å². The molecule has 2 aromatic carbocycles. The molecule has 6 heteroatoms. The van der Waals surface area contributed by atoms with E-state index in [9.17, 15) is 7.48 Å². The Morgan fingerprint density at radius 2 is 1.11 bits per heavy atom. The first-order chi connectivity index (χ1) is 8.80. The summed E-state index contributed by atoms with van der Waals surface area (Å²) in [6.45, 7) is 0. The summed E-state index contributed by atoms with van der Waals surface area (Å²) in [5, 5.41) is 0. The molecule has 0 saturated heterocycles. The molecule has 0 spiro atoms. The summed E-state index contributed by atoms with van der Waals surface area (Å²) in [5.74, 6) is 0. The van der Waals surface area contributed by atoms with Crippen molar-refractivity contribution in [2.24, 2.45) is 0 Å². The van der Waals surface area contributed by atoms with Crippen LogP contribution in [-0.4, -0.2) is 41.4 Å². The second-order valence-electron chi connectivity index (χ2n) is 3.75. The third-order valence-electron chi connectivity index (χ3n) is 2.61. The Hall–Kier alpha value is -1.24. The van der Waals surface area contributed by atoms with Crippen LogP contribution in [0.25, 0.3) is 22.1 Å². The molecule has 1 heterocycles. The summed E-state index contributed by atoms with van der Waals surface area (Å²) in [7, 11) is 0. The van der Waals surface area contributed by atoms with E-state index >= 15 is 0 Å². The van der Waals surface area contributed by atoms with Crippen molar-refractivity contribution in [1.29, 1.82) is 0 Å². The van der Waals surface area contributed by atoms with Crippen LogP contribution < -0.4 is 8.70 Å². The summed E-state index contributed by atoms with van der Waals surface area (Å²) in [5.41, 5.74) is 3.02. The van der Waals surface area contributed by atoms with Crippen molar-refractivity contribution in [3.05, 3.63) is 36.4 Å². The molecule has 86 valence electrons. The summed E-state index contributed by atoms with van der Waals surface area (Å²) in [4.78, 5) is 8.97. The van der Waals surface area contributed by atoms with Gasteiger partial charge >= 0.3 is 116 Å².